The summed E-state index contributed by atoms with van der Waals surface area (Å²) in [4.78, 5) is 20.3. The number of aromatic nitrogens is 2. The van der Waals surface area contributed by atoms with E-state index < -0.39 is 0 Å². The Morgan fingerprint density at radius 3 is 2.30 bits per heavy atom. The van der Waals surface area contributed by atoms with Crippen LogP contribution in [-0.4, -0.2) is 15.9 Å². The Morgan fingerprint density at radius 2 is 1.63 bits per heavy atom. The third-order valence-electron chi connectivity index (χ3n) is 3.87. The SMILES string of the molecule is Cc1ccc(C(=O)NNc2ncnc(Oc3cc(C)cc(C)c3)c2N)cc1. The monoisotopic (exact) mass is 363 g/mol. The van der Waals surface area contributed by atoms with Crippen molar-refractivity contribution in [2.45, 2.75) is 20.8 Å². The van der Waals surface area contributed by atoms with E-state index in [0.29, 0.717) is 11.3 Å². The highest BCUT2D eigenvalue weighted by molar-refractivity contribution is 5.95. The summed E-state index contributed by atoms with van der Waals surface area (Å²) in [6.45, 7) is 5.92. The molecule has 7 heteroatoms. The summed E-state index contributed by atoms with van der Waals surface area (Å²) in [5.74, 6) is 0.796. The summed E-state index contributed by atoms with van der Waals surface area (Å²) in [7, 11) is 0. The van der Waals surface area contributed by atoms with E-state index in [0.717, 1.165) is 16.7 Å². The normalized spacial score (nSPS) is 10.3. The molecule has 2 aromatic carbocycles. The highest BCUT2D eigenvalue weighted by Gasteiger charge is 2.12. The van der Waals surface area contributed by atoms with Gasteiger partial charge in [-0.25, -0.2) is 4.98 Å². The van der Waals surface area contributed by atoms with Gasteiger partial charge in [-0.3, -0.25) is 15.6 Å². The van der Waals surface area contributed by atoms with Crippen LogP contribution in [0.3, 0.4) is 0 Å². The molecule has 0 atom stereocenters. The molecule has 1 amide bonds. The Labute approximate surface area is 157 Å². The van der Waals surface area contributed by atoms with Crippen molar-refractivity contribution in [1.29, 1.82) is 0 Å². The summed E-state index contributed by atoms with van der Waals surface area (Å²) in [6.07, 6.45) is 1.31. The maximum atomic E-state index is 12.2. The Balaban J connectivity index is 1.72. The number of benzene rings is 2. The number of hydrogen-bond donors (Lipinski definition) is 3. The molecule has 0 aliphatic rings. The molecule has 138 valence electrons. The number of nitrogens with zero attached hydrogens (tertiary/aromatic N) is 2. The second-order valence-corrected chi connectivity index (χ2v) is 6.31. The van der Waals surface area contributed by atoms with Crippen LogP contribution in [-0.2, 0) is 0 Å². The number of nitrogen functional groups attached to an aromatic ring is 1. The van der Waals surface area contributed by atoms with E-state index in [1.807, 2.05) is 51.1 Å². The number of amides is 1. The van der Waals surface area contributed by atoms with E-state index >= 15 is 0 Å². The lowest BCUT2D eigenvalue weighted by atomic mass is 10.1. The van der Waals surface area contributed by atoms with Crippen LogP contribution in [0.2, 0.25) is 0 Å². The minimum atomic E-state index is -0.301. The molecule has 1 aromatic heterocycles. The molecular weight excluding hydrogens is 342 g/mol. The lowest BCUT2D eigenvalue weighted by Crippen LogP contribution is -2.30. The third-order valence-corrected chi connectivity index (χ3v) is 3.87. The Kier molecular flexibility index (Phi) is 5.21. The fourth-order valence-electron chi connectivity index (χ4n) is 2.56. The van der Waals surface area contributed by atoms with Gasteiger partial charge in [-0.05, 0) is 56.2 Å². The predicted molar refractivity (Wildman–Crippen MR) is 105 cm³/mol. The molecule has 3 rings (SSSR count). The van der Waals surface area contributed by atoms with Crippen LogP contribution in [0.15, 0.2) is 48.8 Å². The van der Waals surface area contributed by atoms with Gasteiger partial charge in [0.25, 0.3) is 5.91 Å². The van der Waals surface area contributed by atoms with Crippen LogP contribution < -0.4 is 21.3 Å². The lowest BCUT2D eigenvalue weighted by molar-refractivity contribution is 0.0962. The molecule has 27 heavy (non-hydrogen) atoms. The summed E-state index contributed by atoms with van der Waals surface area (Å²) in [5.41, 5.74) is 15.3. The molecule has 0 fully saturated rings. The van der Waals surface area contributed by atoms with Crippen molar-refractivity contribution in [1.82, 2.24) is 15.4 Å². The van der Waals surface area contributed by atoms with Crippen molar-refractivity contribution in [2.75, 3.05) is 11.2 Å². The second-order valence-electron chi connectivity index (χ2n) is 6.31. The minimum Gasteiger partial charge on any atom is -0.437 e. The van der Waals surface area contributed by atoms with Gasteiger partial charge in [0.15, 0.2) is 5.82 Å². The number of hydrogen-bond acceptors (Lipinski definition) is 6. The molecule has 0 radical (unpaired) electrons. The Morgan fingerprint density at radius 1 is 0.963 bits per heavy atom. The highest BCUT2D eigenvalue weighted by Crippen LogP contribution is 2.29. The highest BCUT2D eigenvalue weighted by atomic mass is 16.5. The Bertz CT molecular complexity index is 950. The second kappa shape index (κ2) is 7.74. The molecule has 0 bridgehead atoms. The molecule has 7 nitrogen and oxygen atoms in total. The fraction of sp³-hybridized carbons (Fsp3) is 0.150. The van der Waals surface area contributed by atoms with E-state index in [9.17, 15) is 4.79 Å². The zero-order valence-corrected chi connectivity index (χ0v) is 15.4. The molecule has 1 heterocycles. The fourth-order valence-corrected chi connectivity index (χ4v) is 2.56. The maximum absolute atomic E-state index is 12.2. The van der Waals surface area contributed by atoms with Crippen molar-refractivity contribution in [3.8, 4) is 11.6 Å². The molecule has 4 N–H and O–H groups in total. The molecule has 0 spiro atoms. The molecule has 0 aliphatic carbocycles. The maximum Gasteiger partial charge on any atom is 0.269 e. The van der Waals surface area contributed by atoms with Crippen molar-refractivity contribution < 1.29 is 9.53 Å². The van der Waals surface area contributed by atoms with Gasteiger partial charge in [0, 0.05) is 5.56 Å². The van der Waals surface area contributed by atoms with Crippen molar-refractivity contribution in [2.24, 2.45) is 0 Å². The number of ether oxygens (including phenoxy) is 1. The molecule has 0 saturated heterocycles. The average molecular weight is 363 g/mol. The summed E-state index contributed by atoms with van der Waals surface area (Å²) in [6, 6.07) is 13.0. The number of nitrogens with one attached hydrogen (secondary N) is 2. The van der Waals surface area contributed by atoms with Crippen molar-refractivity contribution >= 4 is 17.4 Å². The van der Waals surface area contributed by atoms with E-state index in [-0.39, 0.29) is 23.3 Å². The molecule has 0 aliphatic heterocycles. The van der Waals surface area contributed by atoms with E-state index in [1.54, 1.807) is 12.1 Å². The van der Waals surface area contributed by atoms with Crippen LogP contribution in [0.5, 0.6) is 11.6 Å². The largest absolute Gasteiger partial charge is 0.437 e. The first-order valence-electron chi connectivity index (χ1n) is 8.42. The smallest absolute Gasteiger partial charge is 0.269 e. The molecule has 0 unspecified atom stereocenters. The summed E-state index contributed by atoms with van der Waals surface area (Å²) in [5, 5.41) is 0. The number of hydrazine groups is 1. The van der Waals surface area contributed by atoms with E-state index in [1.165, 1.54) is 6.33 Å². The minimum absolute atomic E-state index is 0.195. The van der Waals surface area contributed by atoms with Gasteiger partial charge in [-0.1, -0.05) is 23.8 Å². The van der Waals surface area contributed by atoms with Gasteiger partial charge in [-0.15, -0.1) is 0 Å². The number of anilines is 2. The third kappa shape index (κ3) is 4.52. The van der Waals surface area contributed by atoms with Gasteiger partial charge in [-0.2, -0.15) is 4.98 Å². The van der Waals surface area contributed by atoms with Gasteiger partial charge in [0.1, 0.15) is 17.8 Å². The van der Waals surface area contributed by atoms with Crippen LogP contribution in [0.1, 0.15) is 27.0 Å². The summed E-state index contributed by atoms with van der Waals surface area (Å²) < 4.78 is 5.79. The molecule has 0 saturated carbocycles. The number of nitrogens with two attached hydrogens (primary N) is 1. The zero-order chi connectivity index (χ0) is 19.4. The Hall–Kier alpha value is -3.61. The van der Waals surface area contributed by atoms with Crippen LogP contribution in [0.4, 0.5) is 11.5 Å². The quantitative estimate of drug-likeness (QED) is 0.599. The van der Waals surface area contributed by atoms with Crippen LogP contribution in [0, 0.1) is 20.8 Å². The standard InChI is InChI=1S/C20H21N5O2/c1-12-4-6-15(7-5-12)19(26)25-24-18-17(21)20(23-11-22-18)27-16-9-13(2)8-14(3)10-16/h4-11H,21H2,1-3H3,(H,25,26)(H,22,23,24). The number of carbonyl (C=O) groups is 1. The van der Waals surface area contributed by atoms with Gasteiger partial charge in [0.2, 0.25) is 5.88 Å². The lowest BCUT2D eigenvalue weighted by Gasteiger charge is -2.13. The number of carbonyl (C=O) groups excluding carboxylic acids is 1. The number of aryl methyl sites for hydroxylation is 3. The van der Waals surface area contributed by atoms with Crippen molar-refractivity contribution in [3.05, 3.63) is 71.0 Å². The topological polar surface area (TPSA) is 102 Å². The van der Waals surface area contributed by atoms with Crippen LogP contribution >= 0.6 is 0 Å². The predicted octanol–water partition coefficient (Wildman–Crippen LogP) is 3.53. The van der Waals surface area contributed by atoms with Crippen molar-refractivity contribution in [3.63, 3.8) is 0 Å². The van der Waals surface area contributed by atoms with Crippen LogP contribution in [0.25, 0.3) is 0 Å². The van der Waals surface area contributed by atoms with Gasteiger partial charge >= 0.3 is 0 Å². The van der Waals surface area contributed by atoms with E-state index in [4.69, 9.17) is 10.5 Å². The number of rotatable bonds is 5. The average Bonchev–Trinajstić information content (AvgIpc) is 2.62. The van der Waals surface area contributed by atoms with E-state index in [2.05, 4.69) is 20.8 Å². The summed E-state index contributed by atoms with van der Waals surface area (Å²) >= 11 is 0. The first-order chi connectivity index (χ1) is 12.9. The molecule has 3 aromatic rings. The molecular formula is C20H21N5O2. The van der Waals surface area contributed by atoms with Gasteiger partial charge < -0.3 is 10.5 Å². The first kappa shape index (κ1) is 18.2. The first-order valence-corrected chi connectivity index (χ1v) is 8.42. The zero-order valence-electron chi connectivity index (χ0n) is 15.4. The van der Waals surface area contributed by atoms with Gasteiger partial charge in [0.05, 0.1) is 0 Å².